The summed E-state index contributed by atoms with van der Waals surface area (Å²) in [5.74, 6) is -1.30. The Hall–Kier alpha value is -6.02. The number of fused-ring (bicyclic) bond motifs is 1. The van der Waals surface area contributed by atoms with E-state index in [-0.39, 0.29) is 34.0 Å². The number of nitrogens with zero attached hydrogens (tertiary/aromatic N) is 6. The number of benzene rings is 3. The van der Waals surface area contributed by atoms with Crippen LogP contribution in [0.25, 0.3) is 16.9 Å². The summed E-state index contributed by atoms with van der Waals surface area (Å²) < 4.78 is 73.9. The number of ether oxygens (including phenoxy) is 1. The maximum absolute atomic E-state index is 13.5. The van der Waals surface area contributed by atoms with E-state index in [4.69, 9.17) is 9.57 Å². The van der Waals surface area contributed by atoms with Gasteiger partial charge in [0, 0.05) is 5.56 Å². The molecule has 0 bridgehead atoms. The van der Waals surface area contributed by atoms with Crippen LogP contribution in [0.5, 0.6) is 0 Å². The molecule has 1 unspecified atom stereocenters. The first-order chi connectivity index (χ1) is 24.6. The van der Waals surface area contributed by atoms with Gasteiger partial charge < -0.3 is 19.9 Å². The van der Waals surface area contributed by atoms with Gasteiger partial charge in [-0.2, -0.15) is 18.3 Å². The fraction of sp³-hybridized carbons (Fsp3) is 0.250. The Balaban J connectivity index is 1.18. The van der Waals surface area contributed by atoms with Crippen molar-refractivity contribution in [2.24, 2.45) is 5.28 Å². The Morgan fingerprint density at radius 1 is 1.04 bits per heavy atom. The molecule has 5 rings (SSSR count). The molecule has 2 N–H and O–H groups in total. The molecule has 0 saturated heterocycles. The van der Waals surface area contributed by atoms with E-state index in [0.29, 0.717) is 5.56 Å². The van der Waals surface area contributed by atoms with Gasteiger partial charge in [0.1, 0.15) is 19.7 Å². The molecule has 3 aromatic carbocycles. The summed E-state index contributed by atoms with van der Waals surface area (Å²) >= 11 is 0. The van der Waals surface area contributed by atoms with Crippen LogP contribution in [-0.4, -0.2) is 88.6 Å². The molecule has 16 nitrogen and oxygen atoms in total. The second-order valence-electron chi connectivity index (χ2n) is 11.2. The van der Waals surface area contributed by atoms with Crippen LogP contribution in [0.1, 0.15) is 38.9 Å². The smallest absolute Gasteiger partial charge is 0.435 e. The summed E-state index contributed by atoms with van der Waals surface area (Å²) in [6, 6.07) is 18.2. The number of amides is 3. The van der Waals surface area contributed by atoms with Crippen LogP contribution in [0.3, 0.4) is 0 Å². The van der Waals surface area contributed by atoms with Crippen molar-refractivity contribution >= 4 is 27.9 Å². The number of hydrazine groups is 1. The summed E-state index contributed by atoms with van der Waals surface area (Å²) in [5.41, 5.74) is 0.685. The number of rotatable bonds is 13. The van der Waals surface area contributed by atoms with Crippen LogP contribution in [0, 0.1) is 12.1 Å². The topological polar surface area (TPSA) is 199 Å². The summed E-state index contributed by atoms with van der Waals surface area (Å²) in [6.45, 7) is 1.25. The van der Waals surface area contributed by atoms with E-state index in [0.717, 1.165) is 38.4 Å². The summed E-state index contributed by atoms with van der Waals surface area (Å²) in [6.07, 6.45) is -7.47. The molecule has 0 fully saturated rings. The monoisotopic (exact) mass is 745 g/mol. The lowest BCUT2D eigenvalue weighted by Crippen LogP contribution is -2.40. The normalized spacial score (nSPS) is 13.9. The highest BCUT2D eigenvalue weighted by molar-refractivity contribution is 7.90. The number of hydrogen-bond donors (Lipinski definition) is 2. The predicted molar refractivity (Wildman–Crippen MR) is 173 cm³/mol. The van der Waals surface area contributed by atoms with Crippen LogP contribution in [0.4, 0.5) is 18.0 Å². The van der Waals surface area contributed by atoms with E-state index in [1.165, 1.54) is 31.2 Å². The molecule has 274 valence electrons. The Morgan fingerprint density at radius 2 is 1.65 bits per heavy atom. The van der Waals surface area contributed by atoms with Gasteiger partial charge in [0.05, 0.1) is 39.0 Å². The Labute approximate surface area is 293 Å². The Morgan fingerprint density at radius 3 is 2.23 bits per heavy atom. The van der Waals surface area contributed by atoms with Gasteiger partial charge in [-0.1, -0.05) is 42.0 Å². The molecule has 2 heterocycles. The summed E-state index contributed by atoms with van der Waals surface area (Å²) in [5, 5.41) is 29.7. The zero-order chi connectivity index (χ0) is 37.8. The number of aromatic nitrogens is 2. The number of aliphatic hydroxyl groups is 1. The molecule has 3 amide bonds. The third kappa shape index (κ3) is 8.13. The molecule has 20 heteroatoms. The predicted octanol–water partition coefficient (Wildman–Crippen LogP) is 4.03. The molecule has 4 aromatic rings. The quantitative estimate of drug-likeness (QED) is 0.0867. The van der Waals surface area contributed by atoms with Gasteiger partial charge in [0.2, 0.25) is 11.5 Å². The number of hydrogen-bond acceptors (Lipinski definition) is 11. The first-order valence-corrected chi connectivity index (χ1v) is 16.8. The van der Waals surface area contributed by atoms with Gasteiger partial charge in [-0.3, -0.25) is 9.59 Å². The van der Waals surface area contributed by atoms with Crippen LogP contribution in [-0.2, 0) is 25.8 Å². The van der Waals surface area contributed by atoms with Gasteiger partial charge in [-0.05, 0) is 56.3 Å². The number of aliphatic hydroxyl groups excluding tert-OH is 1. The van der Waals surface area contributed by atoms with Crippen LogP contribution >= 0.6 is 0 Å². The van der Waals surface area contributed by atoms with Crippen molar-refractivity contribution in [3.8, 4) is 16.9 Å². The van der Waals surface area contributed by atoms with Gasteiger partial charge in [0.15, 0.2) is 5.69 Å². The first kappa shape index (κ1) is 37.2. The molecule has 1 aromatic heterocycles. The molecule has 52 heavy (non-hydrogen) atoms. The van der Waals surface area contributed by atoms with Crippen LogP contribution < -0.4 is 4.72 Å². The molecule has 1 aliphatic rings. The largest absolute Gasteiger partial charge is 0.569 e. The minimum absolute atomic E-state index is 0.103. The van der Waals surface area contributed by atoms with Crippen LogP contribution in [0.2, 0.25) is 0 Å². The Kier molecular flexibility index (Phi) is 10.8. The number of carbonyl (C=O) groups is 3. The van der Waals surface area contributed by atoms with Crippen LogP contribution in [0.15, 0.2) is 89.0 Å². The minimum Gasteiger partial charge on any atom is -0.569 e. The number of carbonyl (C=O) groups excluding carboxylic acids is 3. The van der Waals surface area contributed by atoms with Crippen molar-refractivity contribution in [1.29, 1.82) is 0 Å². The lowest BCUT2D eigenvalue weighted by Gasteiger charge is -2.20. The van der Waals surface area contributed by atoms with Crippen molar-refractivity contribution in [3.05, 3.63) is 106 Å². The molecule has 1 aliphatic heterocycles. The molecule has 0 radical (unpaired) electrons. The molecule has 0 saturated carbocycles. The average Bonchev–Trinajstić information content (AvgIpc) is 3.67. The van der Waals surface area contributed by atoms with E-state index < -0.39 is 70.7 Å². The SMILES string of the molecule is Cc1ccc(-c2cc(C(F)(F)F)nn2-c2ccc(S(=O)(=O)NC(=O)OCCN(CCO)/[N+]([O-])=N\OC(C)N3C(=O)c4ccccc4C3=O)cc2)cc1. The number of nitrogens with one attached hydrogen (secondary N) is 1. The van der Waals surface area contributed by atoms with E-state index in [1.807, 2.05) is 6.92 Å². The number of sulfonamides is 1. The van der Waals surface area contributed by atoms with Crippen molar-refractivity contribution in [2.45, 2.75) is 31.1 Å². The number of alkyl halides is 3. The molecule has 1 atom stereocenters. The van der Waals surface area contributed by atoms with Crippen molar-refractivity contribution in [1.82, 2.24) is 24.4 Å². The average molecular weight is 746 g/mol. The van der Waals surface area contributed by atoms with Crippen molar-refractivity contribution in [3.63, 3.8) is 0 Å². The maximum Gasteiger partial charge on any atom is 0.435 e. The zero-order valence-corrected chi connectivity index (χ0v) is 28.2. The summed E-state index contributed by atoms with van der Waals surface area (Å²) in [7, 11) is -4.53. The fourth-order valence-corrected chi connectivity index (χ4v) is 5.89. The molecule has 0 spiro atoms. The maximum atomic E-state index is 13.5. The van der Waals surface area contributed by atoms with Gasteiger partial charge >= 0.3 is 12.3 Å². The number of aryl methyl sites for hydroxylation is 1. The highest BCUT2D eigenvalue weighted by atomic mass is 32.2. The third-order valence-electron chi connectivity index (χ3n) is 7.60. The second-order valence-corrected chi connectivity index (χ2v) is 12.9. The lowest BCUT2D eigenvalue weighted by molar-refractivity contribution is -0.712. The van der Waals surface area contributed by atoms with Crippen molar-refractivity contribution in [2.75, 3.05) is 26.3 Å². The zero-order valence-electron chi connectivity index (χ0n) is 27.3. The Bertz CT molecular complexity index is 2070. The van der Waals surface area contributed by atoms with Gasteiger partial charge in [-0.25, -0.2) is 27.5 Å². The van der Waals surface area contributed by atoms with E-state index in [1.54, 1.807) is 41.1 Å². The molecular formula is C32H30F3N7O9S. The molecule has 0 aliphatic carbocycles. The van der Waals surface area contributed by atoms with Gasteiger partial charge in [0.25, 0.3) is 21.8 Å². The van der Waals surface area contributed by atoms with Crippen molar-refractivity contribution < 1.29 is 55.6 Å². The van der Waals surface area contributed by atoms with E-state index in [2.05, 4.69) is 10.4 Å². The number of imide groups is 1. The first-order valence-electron chi connectivity index (χ1n) is 15.3. The number of halogens is 3. The van der Waals surface area contributed by atoms with Gasteiger partial charge in [-0.15, -0.1) is 5.01 Å². The highest BCUT2D eigenvalue weighted by Crippen LogP contribution is 2.33. The third-order valence-corrected chi connectivity index (χ3v) is 8.93. The fourth-order valence-electron chi connectivity index (χ4n) is 5.00. The highest BCUT2D eigenvalue weighted by Gasteiger charge is 2.40. The van der Waals surface area contributed by atoms with E-state index in [9.17, 15) is 46.3 Å². The summed E-state index contributed by atoms with van der Waals surface area (Å²) in [4.78, 5) is 42.9. The molecular weight excluding hydrogens is 715 g/mol. The van der Waals surface area contributed by atoms with E-state index >= 15 is 0 Å². The lowest BCUT2D eigenvalue weighted by atomic mass is 10.1. The standard InChI is InChI=1S/C32H30F3N7O9S/c1-20-7-9-22(10-8-20)27-19-28(32(33,34)35)36-41(27)23-11-13-24(14-12-23)52(48,49)37-31(46)50-18-16-39(15-17-43)42(47)38-51-21(2)40-29(44)25-5-3-4-6-26(25)30(40)45/h3-14,19,21,43H,15-18H2,1-2H3,(H,37,46)/b42-38+. The second kappa shape index (κ2) is 15.1. The minimum atomic E-state index is -4.75.